The molecule has 0 saturated carbocycles. The van der Waals surface area contributed by atoms with Gasteiger partial charge in [0.05, 0.1) is 39.4 Å². The van der Waals surface area contributed by atoms with Crippen LogP contribution in [0.5, 0.6) is 0 Å². The lowest BCUT2D eigenvalue weighted by molar-refractivity contribution is 0.00578. The number of carbonyl (C=O) groups is 2. The molecule has 0 aliphatic carbocycles. The average molecular weight is 460 g/mol. The molecule has 3 aromatic rings. The first-order chi connectivity index (χ1) is 15.6. The topological polar surface area (TPSA) is 68.7 Å². The fraction of sp³-hybridized carbons (Fsp3) is 0.320. The third-order valence-corrected chi connectivity index (χ3v) is 7.91. The lowest BCUT2D eigenvalue weighted by Crippen LogP contribution is -2.41. The predicted octanol–water partition coefficient (Wildman–Crippen LogP) is 4.21. The molecule has 1 fully saturated rings. The van der Waals surface area contributed by atoms with Crippen molar-refractivity contribution in [3.05, 3.63) is 70.9 Å². The molecule has 5 rings (SSSR count). The van der Waals surface area contributed by atoms with Gasteiger partial charge in [0.1, 0.15) is 0 Å². The Balaban J connectivity index is 1.40. The van der Waals surface area contributed by atoms with E-state index in [9.17, 15) is 9.59 Å². The SMILES string of the molecule is Cc1nsc(-c2ccc(B3OC(C)(C)C(C)(C)O3)cc2)c1CN1C(=O)c2ccccc2C1=O. The van der Waals surface area contributed by atoms with Crippen molar-refractivity contribution in [2.75, 3.05) is 0 Å². The number of carbonyl (C=O) groups excluding carboxylic acids is 2. The van der Waals surface area contributed by atoms with E-state index >= 15 is 0 Å². The van der Waals surface area contributed by atoms with Gasteiger partial charge in [-0.25, -0.2) is 0 Å². The van der Waals surface area contributed by atoms with Gasteiger partial charge in [-0.1, -0.05) is 36.4 Å². The molecule has 0 N–H and O–H groups in total. The maximum Gasteiger partial charge on any atom is 0.494 e. The molecule has 0 radical (unpaired) electrons. The highest BCUT2D eigenvalue weighted by Gasteiger charge is 2.51. The van der Waals surface area contributed by atoms with Crippen LogP contribution in [0.15, 0.2) is 48.5 Å². The average Bonchev–Trinajstić information content (AvgIpc) is 3.34. The number of nitrogens with zero attached hydrogens (tertiary/aromatic N) is 2. The van der Waals surface area contributed by atoms with E-state index in [1.807, 2.05) is 58.9 Å². The number of aryl methyl sites for hydroxylation is 1. The van der Waals surface area contributed by atoms with Gasteiger partial charge in [-0.05, 0) is 69.3 Å². The van der Waals surface area contributed by atoms with Crippen molar-refractivity contribution in [3.63, 3.8) is 0 Å². The number of fused-ring (bicyclic) bond motifs is 1. The molecule has 168 valence electrons. The van der Waals surface area contributed by atoms with Gasteiger partial charge in [-0.15, -0.1) is 0 Å². The lowest BCUT2D eigenvalue weighted by Gasteiger charge is -2.32. The van der Waals surface area contributed by atoms with Gasteiger partial charge < -0.3 is 9.31 Å². The molecular formula is C25H25BN2O4S. The summed E-state index contributed by atoms with van der Waals surface area (Å²) in [5, 5.41) is 0. The number of hydrogen-bond acceptors (Lipinski definition) is 6. The molecule has 6 nitrogen and oxygen atoms in total. The zero-order valence-electron chi connectivity index (χ0n) is 19.3. The highest BCUT2D eigenvalue weighted by atomic mass is 32.1. The van der Waals surface area contributed by atoms with Crippen LogP contribution >= 0.6 is 11.5 Å². The molecule has 3 heterocycles. The molecule has 33 heavy (non-hydrogen) atoms. The first-order valence-electron chi connectivity index (χ1n) is 11.0. The third kappa shape index (κ3) is 3.53. The number of hydrogen-bond donors (Lipinski definition) is 0. The first kappa shape index (κ1) is 22.0. The second-order valence-electron chi connectivity index (χ2n) is 9.53. The van der Waals surface area contributed by atoms with Crippen LogP contribution in [0.3, 0.4) is 0 Å². The highest BCUT2D eigenvalue weighted by Crippen LogP contribution is 2.37. The van der Waals surface area contributed by atoms with E-state index in [-0.39, 0.29) is 18.4 Å². The van der Waals surface area contributed by atoms with Crippen LogP contribution < -0.4 is 5.46 Å². The van der Waals surface area contributed by atoms with Crippen LogP contribution in [-0.2, 0) is 15.9 Å². The van der Waals surface area contributed by atoms with Crippen molar-refractivity contribution >= 4 is 35.9 Å². The van der Waals surface area contributed by atoms with Gasteiger partial charge in [-0.3, -0.25) is 14.5 Å². The van der Waals surface area contributed by atoms with Gasteiger partial charge in [0.2, 0.25) is 0 Å². The minimum absolute atomic E-state index is 0.197. The van der Waals surface area contributed by atoms with Gasteiger partial charge >= 0.3 is 7.12 Å². The van der Waals surface area contributed by atoms with Crippen molar-refractivity contribution in [2.45, 2.75) is 52.4 Å². The summed E-state index contributed by atoms with van der Waals surface area (Å²) in [6.45, 7) is 10.2. The molecule has 0 atom stereocenters. The first-order valence-corrected chi connectivity index (χ1v) is 11.7. The Labute approximate surface area is 197 Å². The van der Waals surface area contributed by atoms with Crippen molar-refractivity contribution in [3.8, 4) is 10.4 Å². The largest absolute Gasteiger partial charge is 0.494 e. The van der Waals surface area contributed by atoms with Crippen LogP contribution in [0.25, 0.3) is 10.4 Å². The molecule has 2 aliphatic heterocycles. The summed E-state index contributed by atoms with van der Waals surface area (Å²) in [6.07, 6.45) is 0. The summed E-state index contributed by atoms with van der Waals surface area (Å²) in [5.74, 6) is -0.522. The summed E-state index contributed by atoms with van der Waals surface area (Å²) >= 11 is 1.37. The van der Waals surface area contributed by atoms with E-state index in [2.05, 4.69) is 4.37 Å². The minimum Gasteiger partial charge on any atom is -0.399 e. The Bertz CT molecular complexity index is 1210. The Kier molecular flexibility index (Phi) is 5.08. The number of benzene rings is 2. The second kappa shape index (κ2) is 7.62. The van der Waals surface area contributed by atoms with Crippen LogP contribution in [0.2, 0.25) is 0 Å². The molecule has 2 aliphatic rings. The Morgan fingerprint density at radius 2 is 1.45 bits per heavy atom. The molecule has 0 spiro atoms. The number of aromatic nitrogens is 1. The predicted molar refractivity (Wildman–Crippen MR) is 129 cm³/mol. The summed E-state index contributed by atoms with van der Waals surface area (Å²) in [6, 6.07) is 15.0. The summed E-state index contributed by atoms with van der Waals surface area (Å²) < 4.78 is 16.8. The minimum atomic E-state index is -0.426. The monoisotopic (exact) mass is 460 g/mol. The summed E-state index contributed by atoms with van der Waals surface area (Å²) in [4.78, 5) is 28.0. The molecule has 2 amide bonds. The third-order valence-electron chi connectivity index (χ3n) is 6.88. The summed E-state index contributed by atoms with van der Waals surface area (Å²) in [5.41, 5.74) is 3.75. The molecule has 0 unspecified atom stereocenters. The standard InChI is InChI=1S/C25H25BN2O4S/c1-15-20(14-28-22(29)18-8-6-7-9-19(18)23(28)30)21(33-27-15)16-10-12-17(13-11-16)26-31-24(2,3)25(4,5)32-26/h6-13H,14H2,1-5H3. The summed E-state index contributed by atoms with van der Waals surface area (Å²) in [7, 11) is -0.426. The number of imide groups is 1. The van der Waals surface area contributed by atoms with Crippen LogP contribution in [0.4, 0.5) is 0 Å². The van der Waals surface area contributed by atoms with Crippen molar-refractivity contribution < 1.29 is 18.9 Å². The van der Waals surface area contributed by atoms with E-state index in [4.69, 9.17) is 9.31 Å². The van der Waals surface area contributed by atoms with Crippen molar-refractivity contribution in [1.29, 1.82) is 0 Å². The molecular weight excluding hydrogens is 435 g/mol. The number of rotatable bonds is 4. The highest BCUT2D eigenvalue weighted by molar-refractivity contribution is 7.09. The van der Waals surface area contributed by atoms with Crippen molar-refractivity contribution in [2.24, 2.45) is 0 Å². The van der Waals surface area contributed by atoms with E-state index in [0.29, 0.717) is 11.1 Å². The fourth-order valence-electron chi connectivity index (χ4n) is 4.11. The normalized spacial score (nSPS) is 18.8. The lowest BCUT2D eigenvalue weighted by atomic mass is 9.79. The van der Waals surface area contributed by atoms with Gasteiger partial charge in [0.25, 0.3) is 11.8 Å². The Morgan fingerprint density at radius 1 is 0.909 bits per heavy atom. The molecule has 0 bridgehead atoms. The maximum atomic E-state index is 12.8. The van der Waals surface area contributed by atoms with Crippen molar-refractivity contribution in [1.82, 2.24) is 9.27 Å². The fourth-order valence-corrected chi connectivity index (χ4v) is 5.02. The molecule has 1 saturated heterocycles. The quantitative estimate of drug-likeness (QED) is 0.431. The van der Waals surface area contributed by atoms with Gasteiger partial charge in [0.15, 0.2) is 0 Å². The van der Waals surface area contributed by atoms with E-state index < -0.39 is 18.3 Å². The van der Waals surface area contributed by atoms with E-state index in [0.717, 1.165) is 27.2 Å². The van der Waals surface area contributed by atoms with Crippen LogP contribution in [-0.4, -0.2) is 39.4 Å². The zero-order chi connectivity index (χ0) is 23.5. The van der Waals surface area contributed by atoms with E-state index in [1.165, 1.54) is 16.4 Å². The van der Waals surface area contributed by atoms with Crippen LogP contribution in [0.1, 0.15) is 59.7 Å². The second-order valence-corrected chi connectivity index (χ2v) is 10.3. The van der Waals surface area contributed by atoms with Gasteiger partial charge in [-0.2, -0.15) is 4.37 Å². The number of amides is 2. The Hall–Kier alpha value is -2.81. The molecule has 2 aromatic carbocycles. The molecule has 1 aromatic heterocycles. The van der Waals surface area contributed by atoms with Gasteiger partial charge in [0, 0.05) is 5.56 Å². The Morgan fingerprint density at radius 3 is 2.00 bits per heavy atom. The molecule has 8 heteroatoms. The van der Waals surface area contributed by atoms with E-state index in [1.54, 1.807) is 24.3 Å². The smallest absolute Gasteiger partial charge is 0.399 e. The maximum absolute atomic E-state index is 12.8. The van der Waals surface area contributed by atoms with Crippen LogP contribution in [0, 0.1) is 6.92 Å². The zero-order valence-corrected chi connectivity index (χ0v) is 20.2.